The Morgan fingerprint density at radius 1 is 1.16 bits per heavy atom. The molecule has 1 aromatic carbocycles. The standard InChI is InChI=1S/C11H15Cl2N5.ClH/c1-16-10(14)18-11(15)17-5-4-7-2-3-8(12)9(13)6-7;/h2-3,6H,4-5H2,1H3,(H5,14,15,16,17,18);1H. The first-order valence-corrected chi connectivity index (χ1v) is 6.08. The van der Waals surface area contributed by atoms with Gasteiger partial charge in [0.2, 0.25) is 0 Å². The third-order valence-electron chi connectivity index (χ3n) is 2.20. The van der Waals surface area contributed by atoms with Crippen LogP contribution in [0, 0.1) is 10.8 Å². The molecule has 0 atom stereocenters. The molecule has 1 aromatic rings. The van der Waals surface area contributed by atoms with Gasteiger partial charge in [-0.05, 0) is 24.1 Å². The van der Waals surface area contributed by atoms with Gasteiger partial charge in [0.1, 0.15) is 0 Å². The number of hydrogen-bond acceptors (Lipinski definition) is 2. The van der Waals surface area contributed by atoms with Crippen molar-refractivity contribution in [2.75, 3.05) is 13.6 Å². The number of benzene rings is 1. The van der Waals surface area contributed by atoms with E-state index in [-0.39, 0.29) is 24.3 Å². The first kappa shape index (κ1) is 17.8. The van der Waals surface area contributed by atoms with Gasteiger partial charge in [0.05, 0.1) is 10.0 Å². The van der Waals surface area contributed by atoms with Gasteiger partial charge in [0, 0.05) is 13.6 Å². The number of halogens is 3. The Balaban J connectivity index is 0.00000324. The molecule has 1 rings (SSSR count). The van der Waals surface area contributed by atoms with Crippen LogP contribution < -0.4 is 16.0 Å². The first-order valence-electron chi connectivity index (χ1n) is 5.32. The summed E-state index contributed by atoms with van der Waals surface area (Å²) in [6, 6.07) is 5.44. The maximum absolute atomic E-state index is 7.51. The summed E-state index contributed by atoms with van der Waals surface area (Å²) < 4.78 is 0. The van der Waals surface area contributed by atoms with E-state index in [1.807, 2.05) is 6.07 Å². The van der Waals surface area contributed by atoms with Crippen molar-refractivity contribution in [3.05, 3.63) is 33.8 Å². The summed E-state index contributed by atoms with van der Waals surface area (Å²) in [6.45, 7) is 0.570. The summed E-state index contributed by atoms with van der Waals surface area (Å²) >= 11 is 11.7. The van der Waals surface area contributed by atoms with E-state index in [0.717, 1.165) is 5.56 Å². The molecule has 0 unspecified atom stereocenters. The van der Waals surface area contributed by atoms with Crippen molar-refractivity contribution in [3.63, 3.8) is 0 Å². The molecule has 0 radical (unpaired) electrons. The van der Waals surface area contributed by atoms with Crippen LogP contribution >= 0.6 is 35.6 Å². The fraction of sp³-hybridized carbons (Fsp3) is 0.273. The molecule has 0 amide bonds. The van der Waals surface area contributed by atoms with E-state index in [4.69, 9.17) is 34.0 Å². The van der Waals surface area contributed by atoms with Gasteiger partial charge in [-0.15, -0.1) is 12.4 Å². The number of guanidine groups is 2. The third kappa shape index (κ3) is 6.52. The van der Waals surface area contributed by atoms with E-state index in [2.05, 4.69) is 16.0 Å². The van der Waals surface area contributed by atoms with Crippen molar-refractivity contribution in [2.45, 2.75) is 6.42 Å². The molecule has 8 heteroatoms. The van der Waals surface area contributed by atoms with Crippen LogP contribution in [0.4, 0.5) is 0 Å². The summed E-state index contributed by atoms with van der Waals surface area (Å²) in [5, 5.41) is 23.8. The number of hydrogen-bond donors (Lipinski definition) is 5. The summed E-state index contributed by atoms with van der Waals surface area (Å²) in [7, 11) is 1.61. The minimum Gasteiger partial charge on any atom is -0.359 e. The van der Waals surface area contributed by atoms with Gasteiger partial charge in [-0.25, -0.2) is 0 Å². The molecule has 106 valence electrons. The number of rotatable bonds is 3. The molecule has 0 aliphatic heterocycles. The van der Waals surface area contributed by atoms with Crippen LogP contribution in [0.15, 0.2) is 18.2 Å². The van der Waals surface area contributed by atoms with E-state index in [1.54, 1.807) is 19.2 Å². The highest BCUT2D eigenvalue weighted by atomic mass is 35.5. The van der Waals surface area contributed by atoms with Crippen LogP contribution in [0.5, 0.6) is 0 Å². The molecule has 0 aliphatic carbocycles. The lowest BCUT2D eigenvalue weighted by atomic mass is 10.1. The second-order valence-corrected chi connectivity index (χ2v) is 4.36. The Hall–Kier alpha value is -1.17. The predicted molar refractivity (Wildman–Crippen MR) is 83.1 cm³/mol. The van der Waals surface area contributed by atoms with Crippen molar-refractivity contribution in [1.82, 2.24) is 16.0 Å². The quantitative estimate of drug-likeness (QED) is 0.437. The average Bonchev–Trinajstić information content (AvgIpc) is 2.33. The summed E-state index contributed by atoms with van der Waals surface area (Å²) in [4.78, 5) is 0. The van der Waals surface area contributed by atoms with Crippen molar-refractivity contribution in [3.8, 4) is 0 Å². The van der Waals surface area contributed by atoms with E-state index >= 15 is 0 Å². The van der Waals surface area contributed by atoms with E-state index in [1.165, 1.54) is 0 Å². The normalized spacial score (nSPS) is 9.21. The molecule has 0 saturated heterocycles. The molecule has 0 bridgehead atoms. The fourth-order valence-corrected chi connectivity index (χ4v) is 1.58. The molecular formula is C11H16Cl3N5. The van der Waals surface area contributed by atoms with Crippen LogP contribution in [0.2, 0.25) is 10.0 Å². The minimum atomic E-state index is 0. The smallest absolute Gasteiger partial charge is 0.195 e. The Kier molecular flexibility index (Phi) is 8.30. The zero-order valence-electron chi connectivity index (χ0n) is 10.3. The van der Waals surface area contributed by atoms with Crippen molar-refractivity contribution < 1.29 is 0 Å². The van der Waals surface area contributed by atoms with E-state index in [9.17, 15) is 0 Å². The zero-order chi connectivity index (χ0) is 13.5. The Labute approximate surface area is 128 Å². The molecule has 0 aliphatic rings. The predicted octanol–water partition coefficient (Wildman–Crippen LogP) is 2.23. The van der Waals surface area contributed by atoms with Gasteiger partial charge >= 0.3 is 0 Å². The van der Waals surface area contributed by atoms with Crippen molar-refractivity contribution >= 4 is 47.5 Å². The summed E-state index contributed by atoms with van der Waals surface area (Å²) in [5.41, 5.74) is 1.04. The lowest BCUT2D eigenvalue weighted by Crippen LogP contribution is -2.45. The zero-order valence-corrected chi connectivity index (χ0v) is 12.6. The van der Waals surface area contributed by atoms with Gasteiger partial charge in [-0.3, -0.25) is 16.1 Å². The second kappa shape index (κ2) is 8.85. The maximum Gasteiger partial charge on any atom is 0.195 e. The molecule has 5 N–H and O–H groups in total. The van der Waals surface area contributed by atoms with Crippen molar-refractivity contribution in [1.29, 1.82) is 10.8 Å². The SMILES string of the molecule is CNC(=N)NC(=N)NCCc1ccc(Cl)c(Cl)c1.Cl. The lowest BCUT2D eigenvalue weighted by Gasteiger charge is -2.10. The van der Waals surface area contributed by atoms with Gasteiger partial charge in [-0.2, -0.15) is 0 Å². The van der Waals surface area contributed by atoms with Crippen molar-refractivity contribution in [2.24, 2.45) is 0 Å². The van der Waals surface area contributed by atoms with Gasteiger partial charge in [0.15, 0.2) is 11.9 Å². The molecule has 0 fully saturated rings. The average molecular weight is 325 g/mol. The highest BCUT2D eigenvalue weighted by Gasteiger charge is 2.01. The molecule has 0 saturated carbocycles. The Morgan fingerprint density at radius 3 is 2.42 bits per heavy atom. The number of nitrogens with one attached hydrogen (secondary N) is 5. The maximum atomic E-state index is 7.51. The highest BCUT2D eigenvalue weighted by molar-refractivity contribution is 6.42. The van der Waals surface area contributed by atoms with Crippen LogP contribution in [0.3, 0.4) is 0 Å². The molecular weight excluding hydrogens is 309 g/mol. The van der Waals surface area contributed by atoms with Gasteiger partial charge in [0.25, 0.3) is 0 Å². The molecule has 0 spiro atoms. The molecule has 19 heavy (non-hydrogen) atoms. The largest absolute Gasteiger partial charge is 0.359 e. The molecule has 5 nitrogen and oxygen atoms in total. The monoisotopic (exact) mass is 323 g/mol. The summed E-state index contributed by atoms with van der Waals surface area (Å²) in [5.74, 6) is 0.149. The summed E-state index contributed by atoms with van der Waals surface area (Å²) in [6.07, 6.45) is 0.716. The second-order valence-electron chi connectivity index (χ2n) is 3.55. The van der Waals surface area contributed by atoms with E-state index in [0.29, 0.717) is 23.0 Å². The van der Waals surface area contributed by atoms with Crippen LogP contribution in [-0.4, -0.2) is 25.5 Å². The lowest BCUT2D eigenvalue weighted by molar-refractivity contribution is 0.837. The van der Waals surface area contributed by atoms with E-state index < -0.39 is 0 Å². The minimum absolute atomic E-state index is 0. The topological polar surface area (TPSA) is 83.8 Å². The van der Waals surface area contributed by atoms with Crippen LogP contribution in [0.25, 0.3) is 0 Å². The van der Waals surface area contributed by atoms with Crippen LogP contribution in [-0.2, 0) is 6.42 Å². The highest BCUT2D eigenvalue weighted by Crippen LogP contribution is 2.22. The third-order valence-corrected chi connectivity index (χ3v) is 2.94. The Morgan fingerprint density at radius 2 is 1.84 bits per heavy atom. The fourth-order valence-electron chi connectivity index (χ4n) is 1.26. The van der Waals surface area contributed by atoms with Crippen LogP contribution in [0.1, 0.15) is 5.56 Å². The molecule has 0 aromatic heterocycles. The first-order chi connectivity index (χ1) is 8.52. The van der Waals surface area contributed by atoms with Gasteiger partial charge < -0.3 is 10.6 Å². The van der Waals surface area contributed by atoms with Gasteiger partial charge in [-0.1, -0.05) is 29.3 Å². The molecule has 0 heterocycles. The Bertz CT molecular complexity index is 450.